The van der Waals surface area contributed by atoms with E-state index in [-0.39, 0.29) is 0 Å². The van der Waals surface area contributed by atoms with Crippen LogP contribution in [0.3, 0.4) is 0 Å². The van der Waals surface area contributed by atoms with Crippen LogP contribution in [-0.2, 0) is 6.54 Å². The molecule has 1 aromatic rings. The predicted octanol–water partition coefficient (Wildman–Crippen LogP) is 1.61. The van der Waals surface area contributed by atoms with Crippen molar-refractivity contribution in [1.82, 2.24) is 19.7 Å². The number of aromatic nitrogens is 1. The maximum absolute atomic E-state index is 4.55. The third kappa shape index (κ3) is 2.20. The molecule has 0 saturated heterocycles. The fourth-order valence-electron chi connectivity index (χ4n) is 2.53. The molecule has 0 N–H and O–H groups in total. The van der Waals surface area contributed by atoms with Crippen molar-refractivity contribution in [2.45, 2.75) is 20.4 Å². The number of amidine groups is 1. The van der Waals surface area contributed by atoms with Gasteiger partial charge < -0.3 is 14.7 Å². The highest BCUT2D eigenvalue weighted by atomic mass is 32.1. The van der Waals surface area contributed by atoms with Gasteiger partial charge in [0.2, 0.25) is 0 Å². The van der Waals surface area contributed by atoms with Gasteiger partial charge in [0.05, 0.1) is 29.6 Å². The van der Waals surface area contributed by atoms with Crippen LogP contribution in [0, 0.1) is 13.8 Å². The van der Waals surface area contributed by atoms with Crippen molar-refractivity contribution in [1.29, 1.82) is 0 Å². The third-order valence-corrected chi connectivity index (χ3v) is 4.54. The van der Waals surface area contributed by atoms with Gasteiger partial charge in [-0.15, -0.1) is 11.3 Å². The van der Waals surface area contributed by atoms with Crippen LogP contribution in [0.5, 0.6) is 0 Å². The monoisotopic (exact) mass is 277 g/mol. The summed E-state index contributed by atoms with van der Waals surface area (Å²) in [5, 5.41) is 1.14. The van der Waals surface area contributed by atoms with Gasteiger partial charge in [-0.2, -0.15) is 0 Å². The highest BCUT2D eigenvalue weighted by Crippen LogP contribution is 2.24. The second-order valence-electron chi connectivity index (χ2n) is 5.16. The molecule has 3 heterocycles. The van der Waals surface area contributed by atoms with Gasteiger partial charge in [-0.05, 0) is 13.8 Å². The Morgan fingerprint density at radius 3 is 2.74 bits per heavy atom. The molecule has 5 nitrogen and oxygen atoms in total. The maximum Gasteiger partial charge on any atom is 0.152 e. The van der Waals surface area contributed by atoms with E-state index >= 15 is 0 Å². The number of fused-ring (bicyclic) bond motifs is 1. The summed E-state index contributed by atoms with van der Waals surface area (Å²) in [6, 6.07) is 0. The molecule has 6 heteroatoms. The fourth-order valence-corrected chi connectivity index (χ4v) is 3.49. The van der Waals surface area contributed by atoms with Crippen LogP contribution in [-0.4, -0.2) is 53.0 Å². The summed E-state index contributed by atoms with van der Waals surface area (Å²) in [6.45, 7) is 6.72. The van der Waals surface area contributed by atoms with E-state index in [2.05, 4.69) is 58.8 Å². The fraction of sp³-hybridized carbons (Fsp3) is 0.538. The lowest BCUT2D eigenvalue weighted by Gasteiger charge is -2.34. The summed E-state index contributed by atoms with van der Waals surface area (Å²) >= 11 is 1.79. The van der Waals surface area contributed by atoms with E-state index in [4.69, 9.17) is 0 Å². The molecule has 0 aromatic carbocycles. The quantitative estimate of drug-likeness (QED) is 0.822. The van der Waals surface area contributed by atoms with Gasteiger partial charge in [-0.25, -0.2) is 9.98 Å². The number of thiazole rings is 1. The zero-order valence-electron chi connectivity index (χ0n) is 11.8. The Hall–Kier alpha value is -1.56. The average molecular weight is 277 g/mol. The zero-order valence-corrected chi connectivity index (χ0v) is 12.7. The van der Waals surface area contributed by atoms with Crippen LogP contribution in [0.25, 0.3) is 0 Å². The first kappa shape index (κ1) is 12.5. The summed E-state index contributed by atoms with van der Waals surface area (Å²) < 4.78 is 0. The van der Waals surface area contributed by atoms with Crippen LogP contribution in [0.2, 0.25) is 0 Å². The predicted molar refractivity (Wildman–Crippen MR) is 77.9 cm³/mol. The first-order valence-electron chi connectivity index (χ1n) is 6.40. The Bertz CT molecular complexity index is 559. The minimum absolute atomic E-state index is 0.762. The van der Waals surface area contributed by atoms with Gasteiger partial charge in [0.15, 0.2) is 5.84 Å². The summed E-state index contributed by atoms with van der Waals surface area (Å²) in [7, 11) is 4.19. The molecule has 0 aliphatic carbocycles. The summed E-state index contributed by atoms with van der Waals surface area (Å²) in [6.07, 6.45) is 2.22. The van der Waals surface area contributed by atoms with Gasteiger partial charge in [-0.3, -0.25) is 0 Å². The zero-order chi connectivity index (χ0) is 13.6. The molecular formula is C13H19N5S. The number of aliphatic imine (C=N–C) groups is 1. The van der Waals surface area contributed by atoms with E-state index in [1.807, 2.05) is 0 Å². The number of likely N-dealkylation sites (N-methyl/N-ethyl adjacent to an activating group) is 2. The molecule has 0 amide bonds. The Kier molecular flexibility index (Phi) is 2.97. The SMILES string of the molecule is Cc1nc(C)c(CN2C=C3C(=NCN3C)N(C)C2)s1. The van der Waals surface area contributed by atoms with Crippen molar-refractivity contribution in [3.8, 4) is 0 Å². The first-order chi connectivity index (χ1) is 9.04. The molecule has 102 valence electrons. The van der Waals surface area contributed by atoms with E-state index in [0.29, 0.717) is 0 Å². The Balaban J connectivity index is 1.83. The Labute approximate surface area is 117 Å². The van der Waals surface area contributed by atoms with Gasteiger partial charge >= 0.3 is 0 Å². The minimum Gasteiger partial charge on any atom is -0.353 e. The molecule has 0 fully saturated rings. The second kappa shape index (κ2) is 4.52. The number of aryl methyl sites for hydroxylation is 2. The largest absolute Gasteiger partial charge is 0.353 e. The lowest BCUT2D eigenvalue weighted by Crippen LogP contribution is -2.42. The molecule has 0 spiro atoms. The van der Waals surface area contributed by atoms with Crippen LogP contribution < -0.4 is 0 Å². The van der Waals surface area contributed by atoms with Crippen molar-refractivity contribution < 1.29 is 0 Å². The van der Waals surface area contributed by atoms with Crippen LogP contribution in [0.1, 0.15) is 15.6 Å². The normalized spacial score (nSPS) is 18.6. The van der Waals surface area contributed by atoms with Crippen molar-refractivity contribution in [3.63, 3.8) is 0 Å². The molecule has 0 atom stereocenters. The second-order valence-corrected chi connectivity index (χ2v) is 6.45. The lowest BCUT2D eigenvalue weighted by molar-refractivity contribution is 0.249. The molecular weight excluding hydrogens is 258 g/mol. The summed E-state index contributed by atoms with van der Waals surface area (Å²) in [5.41, 5.74) is 2.37. The number of hydrogen-bond donors (Lipinski definition) is 0. The third-order valence-electron chi connectivity index (χ3n) is 3.48. The van der Waals surface area contributed by atoms with Crippen LogP contribution in [0.15, 0.2) is 16.9 Å². The molecule has 1 aromatic heterocycles. The molecule has 2 aliphatic rings. The molecule has 19 heavy (non-hydrogen) atoms. The smallest absolute Gasteiger partial charge is 0.152 e. The Morgan fingerprint density at radius 2 is 2.05 bits per heavy atom. The highest BCUT2D eigenvalue weighted by molar-refractivity contribution is 7.11. The van der Waals surface area contributed by atoms with Crippen molar-refractivity contribution in [3.05, 3.63) is 27.5 Å². The van der Waals surface area contributed by atoms with Gasteiger partial charge in [0.1, 0.15) is 6.67 Å². The van der Waals surface area contributed by atoms with Gasteiger partial charge in [0, 0.05) is 25.2 Å². The molecule has 0 saturated carbocycles. The van der Waals surface area contributed by atoms with Crippen molar-refractivity contribution >= 4 is 17.2 Å². The minimum atomic E-state index is 0.762. The standard InChI is InChI=1S/C13H19N5S/c1-9-12(19-10(2)15-9)6-18-5-11-13(17(4)8-18)14-7-16(11)3/h5H,6-8H2,1-4H3. The molecule has 2 aliphatic heterocycles. The van der Waals surface area contributed by atoms with E-state index in [9.17, 15) is 0 Å². The lowest BCUT2D eigenvalue weighted by atomic mass is 10.3. The van der Waals surface area contributed by atoms with Crippen molar-refractivity contribution in [2.24, 2.45) is 4.99 Å². The van der Waals surface area contributed by atoms with Crippen LogP contribution in [0.4, 0.5) is 0 Å². The van der Waals surface area contributed by atoms with E-state index < -0.39 is 0 Å². The molecule has 0 radical (unpaired) electrons. The van der Waals surface area contributed by atoms with E-state index in [1.54, 1.807) is 11.3 Å². The number of rotatable bonds is 2. The van der Waals surface area contributed by atoms with Gasteiger partial charge in [-0.1, -0.05) is 0 Å². The van der Waals surface area contributed by atoms with Gasteiger partial charge in [0.25, 0.3) is 0 Å². The topological polar surface area (TPSA) is 35.0 Å². The van der Waals surface area contributed by atoms with E-state index in [1.165, 1.54) is 10.6 Å². The molecule has 0 unspecified atom stereocenters. The Morgan fingerprint density at radius 1 is 1.26 bits per heavy atom. The average Bonchev–Trinajstić information content (AvgIpc) is 2.84. The molecule has 3 rings (SSSR count). The van der Waals surface area contributed by atoms with Crippen LogP contribution >= 0.6 is 11.3 Å². The summed E-state index contributed by atoms with van der Waals surface area (Å²) in [4.78, 5) is 17.1. The maximum atomic E-state index is 4.55. The van der Waals surface area contributed by atoms with E-state index in [0.717, 1.165) is 36.4 Å². The number of hydrogen-bond acceptors (Lipinski definition) is 6. The number of nitrogens with zero attached hydrogens (tertiary/aromatic N) is 5. The molecule has 0 bridgehead atoms. The first-order valence-corrected chi connectivity index (χ1v) is 7.22. The highest BCUT2D eigenvalue weighted by Gasteiger charge is 2.27. The van der Waals surface area contributed by atoms with Crippen molar-refractivity contribution in [2.75, 3.05) is 27.4 Å². The summed E-state index contributed by atoms with van der Waals surface area (Å²) in [5.74, 6) is 1.11.